The summed E-state index contributed by atoms with van der Waals surface area (Å²) in [4.78, 5) is 3.43. The van der Waals surface area contributed by atoms with Crippen LogP contribution in [0.3, 0.4) is 0 Å². The Morgan fingerprint density at radius 3 is 2.00 bits per heavy atom. The SMILES string of the molecule is OB(O)c1ccc(-c2ccc(-c3ccccc3)s2)s1. The van der Waals surface area contributed by atoms with E-state index in [0.29, 0.717) is 4.78 Å². The molecule has 0 aliphatic heterocycles. The maximum absolute atomic E-state index is 9.14. The van der Waals surface area contributed by atoms with Gasteiger partial charge in [-0.3, -0.25) is 0 Å². The molecule has 5 heteroatoms. The fraction of sp³-hybridized carbons (Fsp3) is 0. The molecule has 0 saturated carbocycles. The summed E-state index contributed by atoms with van der Waals surface area (Å²) >= 11 is 3.12. The van der Waals surface area contributed by atoms with Gasteiger partial charge in [0.05, 0.1) is 0 Å². The Bertz CT molecular complexity index is 674. The van der Waals surface area contributed by atoms with E-state index in [2.05, 4.69) is 24.3 Å². The van der Waals surface area contributed by atoms with Crippen molar-refractivity contribution in [2.45, 2.75) is 0 Å². The minimum absolute atomic E-state index is 0.574. The minimum Gasteiger partial charge on any atom is -0.423 e. The molecular weight excluding hydrogens is 275 g/mol. The van der Waals surface area contributed by atoms with Crippen molar-refractivity contribution in [2.24, 2.45) is 0 Å². The van der Waals surface area contributed by atoms with Crippen LogP contribution in [-0.4, -0.2) is 17.2 Å². The van der Waals surface area contributed by atoms with Crippen molar-refractivity contribution >= 4 is 34.6 Å². The highest BCUT2D eigenvalue weighted by Crippen LogP contribution is 2.35. The van der Waals surface area contributed by atoms with Crippen molar-refractivity contribution < 1.29 is 10.0 Å². The lowest BCUT2D eigenvalue weighted by Crippen LogP contribution is -2.26. The average molecular weight is 286 g/mol. The Kier molecular flexibility index (Phi) is 3.53. The zero-order valence-corrected chi connectivity index (χ0v) is 11.6. The first-order valence-corrected chi connectivity index (χ1v) is 7.49. The van der Waals surface area contributed by atoms with Crippen molar-refractivity contribution in [1.29, 1.82) is 0 Å². The van der Waals surface area contributed by atoms with Crippen molar-refractivity contribution in [1.82, 2.24) is 0 Å². The fourth-order valence-corrected chi connectivity index (χ4v) is 3.83. The van der Waals surface area contributed by atoms with Gasteiger partial charge in [0.25, 0.3) is 0 Å². The van der Waals surface area contributed by atoms with E-state index >= 15 is 0 Å². The third-order valence-electron chi connectivity index (χ3n) is 2.79. The first kappa shape index (κ1) is 12.6. The molecule has 19 heavy (non-hydrogen) atoms. The van der Waals surface area contributed by atoms with Gasteiger partial charge in [0.15, 0.2) is 0 Å². The highest BCUT2D eigenvalue weighted by atomic mass is 32.1. The van der Waals surface area contributed by atoms with Gasteiger partial charge in [-0.2, -0.15) is 0 Å². The van der Waals surface area contributed by atoms with E-state index in [9.17, 15) is 0 Å². The zero-order valence-electron chi connectivity index (χ0n) is 9.98. The number of benzene rings is 1. The van der Waals surface area contributed by atoms with E-state index in [1.165, 1.54) is 21.8 Å². The molecule has 3 rings (SSSR count). The van der Waals surface area contributed by atoms with Gasteiger partial charge in [0.2, 0.25) is 0 Å². The van der Waals surface area contributed by atoms with Crippen molar-refractivity contribution in [2.75, 3.05) is 0 Å². The number of rotatable bonds is 3. The summed E-state index contributed by atoms with van der Waals surface area (Å²) in [5, 5.41) is 18.3. The molecule has 3 aromatic rings. The lowest BCUT2D eigenvalue weighted by molar-refractivity contribution is 0.427. The van der Waals surface area contributed by atoms with E-state index in [-0.39, 0.29) is 0 Å². The van der Waals surface area contributed by atoms with Crippen LogP contribution in [0.5, 0.6) is 0 Å². The predicted octanol–water partition coefficient (Wildman–Crippen LogP) is 2.82. The molecule has 2 N–H and O–H groups in total. The van der Waals surface area contributed by atoms with Crippen LogP contribution in [-0.2, 0) is 0 Å². The van der Waals surface area contributed by atoms with E-state index in [1.807, 2.05) is 24.3 Å². The molecule has 2 nitrogen and oxygen atoms in total. The first-order valence-electron chi connectivity index (χ1n) is 5.85. The Morgan fingerprint density at radius 1 is 0.684 bits per heavy atom. The van der Waals surface area contributed by atoms with Gasteiger partial charge in [-0.05, 0) is 23.8 Å². The molecule has 0 atom stereocenters. The van der Waals surface area contributed by atoms with E-state index in [1.54, 1.807) is 17.4 Å². The van der Waals surface area contributed by atoms with Gasteiger partial charge < -0.3 is 10.0 Å². The summed E-state index contributed by atoms with van der Waals surface area (Å²) in [5.41, 5.74) is 1.21. The molecule has 0 amide bonds. The largest absolute Gasteiger partial charge is 0.499 e. The lowest BCUT2D eigenvalue weighted by Gasteiger charge is -1.95. The highest BCUT2D eigenvalue weighted by Gasteiger charge is 2.15. The maximum atomic E-state index is 9.14. The second kappa shape index (κ2) is 5.31. The molecular formula is C14H11BO2S2. The number of hydrogen-bond acceptors (Lipinski definition) is 4. The third-order valence-corrected chi connectivity index (χ3v) is 5.24. The Balaban J connectivity index is 1.92. The fourth-order valence-electron chi connectivity index (χ4n) is 1.85. The molecule has 0 radical (unpaired) electrons. The minimum atomic E-state index is -1.38. The third kappa shape index (κ3) is 2.64. The molecule has 0 fully saturated rings. The molecule has 2 heterocycles. The molecule has 0 bridgehead atoms. The summed E-state index contributed by atoms with van der Waals surface area (Å²) in [6, 6.07) is 18.1. The molecule has 2 aromatic heterocycles. The summed E-state index contributed by atoms with van der Waals surface area (Å²) in [7, 11) is -1.38. The van der Waals surface area contributed by atoms with Crippen LogP contribution < -0.4 is 4.78 Å². The van der Waals surface area contributed by atoms with Gasteiger partial charge in [0.1, 0.15) is 0 Å². The summed E-state index contributed by atoms with van der Waals surface area (Å²) in [6.07, 6.45) is 0. The van der Waals surface area contributed by atoms with Gasteiger partial charge in [-0.25, -0.2) is 0 Å². The van der Waals surface area contributed by atoms with Crippen LogP contribution in [0.15, 0.2) is 54.6 Å². The Hall–Kier alpha value is -1.40. The normalized spacial score (nSPS) is 10.6. The van der Waals surface area contributed by atoms with Crippen molar-refractivity contribution in [3.8, 4) is 20.2 Å². The molecule has 0 spiro atoms. The van der Waals surface area contributed by atoms with Crippen molar-refractivity contribution in [3.05, 3.63) is 54.6 Å². The molecule has 0 aliphatic carbocycles. The Morgan fingerprint density at radius 2 is 1.32 bits per heavy atom. The van der Waals surface area contributed by atoms with E-state index in [4.69, 9.17) is 10.0 Å². The van der Waals surface area contributed by atoms with Crippen LogP contribution in [0.1, 0.15) is 0 Å². The number of thiophene rings is 2. The standard InChI is InChI=1S/C14H11BO2S2/c16-15(17)14-9-8-13(19-14)12-7-6-11(18-12)10-4-2-1-3-5-10/h1-9,16-17H. The number of hydrogen-bond donors (Lipinski definition) is 2. The molecule has 0 aliphatic rings. The first-order chi connectivity index (χ1) is 9.24. The lowest BCUT2D eigenvalue weighted by atomic mass is 9.90. The second-order valence-corrected chi connectivity index (χ2v) is 6.30. The van der Waals surface area contributed by atoms with Crippen LogP contribution >= 0.6 is 22.7 Å². The van der Waals surface area contributed by atoms with Gasteiger partial charge >= 0.3 is 7.12 Å². The van der Waals surface area contributed by atoms with Crippen molar-refractivity contribution in [3.63, 3.8) is 0 Å². The smallest absolute Gasteiger partial charge is 0.423 e. The molecule has 0 saturated heterocycles. The van der Waals surface area contributed by atoms with E-state index < -0.39 is 7.12 Å². The van der Waals surface area contributed by atoms with Gasteiger partial charge in [0, 0.05) is 19.4 Å². The van der Waals surface area contributed by atoms with Crippen LogP contribution in [0.25, 0.3) is 20.2 Å². The Labute approximate surface area is 119 Å². The summed E-state index contributed by atoms with van der Waals surface area (Å²) in [5.74, 6) is 0. The van der Waals surface area contributed by atoms with Crippen LogP contribution in [0.2, 0.25) is 0 Å². The second-order valence-electron chi connectivity index (χ2n) is 4.11. The topological polar surface area (TPSA) is 40.5 Å². The maximum Gasteiger partial charge on any atom is 0.499 e. The van der Waals surface area contributed by atoms with Gasteiger partial charge in [-0.1, -0.05) is 36.4 Å². The van der Waals surface area contributed by atoms with E-state index in [0.717, 1.165) is 9.75 Å². The summed E-state index contributed by atoms with van der Waals surface area (Å²) in [6.45, 7) is 0. The zero-order chi connectivity index (χ0) is 13.2. The average Bonchev–Trinajstić information content (AvgIpc) is 3.09. The quantitative estimate of drug-likeness (QED) is 0.727. The monoisotopic (exact) mass is 286 g/mol. The molecule has 0 unspecified atom stereocenters. The van der Waals surface area contributed by atoms with Gasteiger partial charge in [-0.15, -0.1) is 22.7 Å². The van der Waals surface area contributed by atoms with Crippen LogP contribution in [0, 0.1) is 0 Å². The molecule has 94 valence electrons. The summed E-state index contributed by atoms with van der Waals surface area (Å²) < 4.78 is 0.574. The molecule has 1 aromatic carbocycles. The van der Waals surface area contributed by atoms with Crippen LogP contribution in [0.4, 0.5) is 0 Å². The predicted molar refractivity (Wildman–Crippen MR) is 82.9 cm³/mol. The highest BCUT2D eigenvalue weighted by molar-refractivity contribution is 7.28.